The maximum atomic E-state index is 13.3. The SMILES string of the molecule is CC(C)(C)N(C(=O)OCc1ccc2c(c1)OCCO2)C1CCN(CCn2c(=O)ccc3cc(N)ccc32)CC1. The van der Waals surface area contributed by atoms with E-state index >= 15 is 0 Å². The van der Waals surface area contributed by atoms with Crippen LogP contribution in [-0.2, 0) is 17.9 Å². The van der Waals surface area contributed by atoms with Gasteiger partial charge in [0.05, 0.1) is 5.52 Å². The van der Waals surface area contributed by atoms with Crippen LogP contribution in [0, 0.1) is 0 Å². The highest BCUT2D eigenvalue weighted by molar-refractivity contribution is 5.82. The van der Waals surface area contributed by atoms with E-state index in [1.807, 2.05) is 72.7 Å². The molecule has 0 unspecified atom stereocenters. The first-order chi connectivity index (χ1) is 18.7. The number of pyridine rings is 1. The van der Waals surface area contributed by atoms with Gasteiger partial charge in [-0.05, 0) is 75.6 Å². The summed E-state index contributed by atoms with van der Waals surface area (Å²) in [4.78, 5) is 30.2. The zero-order valence-corrected chi connectivity index (χ0v) is 23.0. The molecule has 1 saturated heterocycles. The van der Waals surface area contributed by atoms with Crippen LogP contribution in [0.15, 0.2) is 53.3 Å². The standard InChI is InChI=1S/C30H38N4O5/c1-30(2,3)34(29(36)39-20-21-4-8-26-27(18-21)38-17-16-37-26)24-10-12-32(13-11-24)14-15-33-25-7-6-23(31)19-22(25)5-9-28(33)35/h4-9,18-19,24H,10-17,20,31H2,1-3H3. The van der Waals surface area contributed by atoms with E-state index in [4.69, 9.17) is 19.9 Å². The normalized spacial score (nSPS) is 16.3. The van der Waals surface area contributed by atoms with Gasteiger partial charge in [-0.15, -0.1) is 0 Å². The highest BCUT2D eigenvalue weighted by Gasteiger charge is 2.36. The van der Waals surface area contributed by atoms with E-state index in [0.717, 1.165) is 54.7 Å². The number of hydrogen-bond donors (Lipinski definition) is 1. The molecule has 3 heterocycles. The van der Waals surface area contributed by atoms with E-state index in [-0.39, 0.29) is 29.8 Å². The van der Waals surface area contributed by atoms with Crippen molar-refractivity contribution in [1.29, 1.82) is 0 Å². The van der Waals surface area contributed by atoms with E-state index in [9.17, 15) is 9.59 Å². The number of ether oxygens (including phenoxy) is 3. The van der Waals surface area contributed by atoms with Crippen molar-refractivity contribution in [1.82, 2.24) is 14.4 Å². The van der Waals surface area contributed by atoms with E-state index in [2.05, 4.69) is 4.90 Å². The van der Waals surface area contributed by atoms with Crippen LogP contribution in [0.1, 0.15) is 39.2 Å². The Hall–Kier alpha value is -3.72. The second-order valence-corrected chi connectivity index (χ2v) is 11.3. The van der Waals surface area contributed by atoms with Gasteiger partial charge in [0.25, 0.3) is 5.56 Å². The minimum Gasteiger partial charge on any atom is -0.486 e. The quantitative estimate of drug-likeness (QED) is 0.472. The van der Waals surface area contributed by atoms with Crippen LogP contribution in [0.2, 0.25) is 0 Å². The molecule has 2 aliphatic heterocycles. The van der Waals surface area contributed by atoms with Crippen LogP contribution in [0.4, 0.5) is 10.5 Å². The summed E-state index contributed by atoms with van der Waals surface area (Å²) in [5, 5.41) is 0.962. The molecule has 2 aliphatic rings. The third-order valence-electron chi connectivity index (χ3n) is 7.46. The van der Waals surface area contributed by atoms with Gasteiger partial charge in [0.15, 0.2) is 11.5 Å². The molecule has 0 saturated carbocycles. The number of nitrogens with two attached hydrogens (primary N) is 1. The molecule has 2 aromatic carbocycles. The maximum absolute atomic E-state index is 13.3. The minimum atomic E-state index is -0.380. The zero-order chi connectivity index (χ0) is 27.6. The fourth-order valence-corrected chi connectivity index (χ4v) is 5.56. The van der Waals surface area contributed by atoms with Crippen LogP contribution in [0.3, 0.4) is 0 Å². The van der Waals surface area contributed by atoms with Crippen molar-refractivity contribution in [2.45, 2.75) is 58.3 Å². The average Bonchev–Trinajstić information content (AvgIpc) is 2.91. The number of carbonyl (C=O) groups is 1. The number of hydrogen-bond acceptors (Lipinski definition) is 7. The monoisotopic (exact) mass is 534 g/mol. The van der Waals surface area contributed by atoms with Crippen molar-refractivity contribution in [3.8, 4) is 11.5 Å². The number of nitrogen functional groups attached to an aromatic ring is 1. The average molecular weight is 535 g/mol. The molecular formula is C30H38N4O5. The molecule has 9 nitrogen and oxygen atoms in total. The first-order valence-electron chi connectivity index (χ1n) is 13.6. The fourth-order valence-electron chi connectivity index (χ4n) is 5.56. The van der Waals surface area contributed by atoms with E-state index in [0.29, 0.717) is 31.2 Å². The third-order valence-corrected chi connectivity index (χ3v) is 7.46. The molecule has 9 heteroatoms. The van der Waals surface area contributed by atoms with Gasteiger partial charge in [0.2, 0.25) is 0 Å². The lowest BCUT2D eigenvalue weighted by molar-refractivity contribution is 0.0196. The lowest BCUT2D eigenvalue weighted by Crippen LogP contribution is -2.55. The van der Waals surface area contributed by atoms with Gasteiger partial charge in [-0.2, -0.15) is 0 Å². The molecule has 0 spiro atoms. The molecule has 3 aromatic rings. The maximum Gasteiger partial charge on any atom is 0.410 e. The van der Waals surface area contributed by atoms with Crippen LogP contribution in [-0.4, -0.2) is 64.9 Å². The lowest BCUT2D eigenvalue weighted by Gasteiger charge is -2.44. The number of anilines is 1. The first kappa shape index (κ1) is 26.9. The van der Waals surface area contributed by atoms with Gasteiger partial charge in [0.1, 0.15) is 19.8 Å². The summed E-state index contributed by atoms with van der Waals surface area (Å²) < 4.78 is 18.8. The molecule has 0 radical (unpaired) electrons. The predicted molar refractivity (Wildman–Crippen MR) is 151 cm³/mol. The van der Waals surface area contributed by atoms with E-state index < -0.39 is 0 Å². The van der Waals surface area contributed by atoms with Crippen LogP contribution in [0.5, 0.6) is 11.5 Å². The molecule has 0 atom stereocenters. The summed E-state index contributed by atoms with van der Waals surface area (Å²) in [7, 11) is 0. The van der Waals surface area contributed by atoms with Gasteiger partial charge in [-0.3, -0.25) is 4.79 Å². The Bertz CT molecular complexity index is 1390. The first-order valence-corrected chi connectivity index (χ1v) is 13.6. The Morgan fingerprint density at radius 3 is 2.49 bits per heavy atom. The minimum absolute atomic E-state index is 0.0122. The van der Waals surface area contributed by atoms with E-state index in [1.54, 1.807) is 6.07 Å². The van der Waals surface area contributed by atoms with Crippen molar-refractivity contribution < 1.29 is 19.0 Å². The third kappa shape index (κ3) is 6.14. The Morgan fingerprint density at radius 2 is 1.74 bits per heavy atom. The Labute approximate surface area is 229 Å². The smallest absolute Gasteiger partial charge is 0.410 e. The number of fused-ring (bicyclic) bond motifs is 2. The number of piperidine rings is 1. The van der Waals surface area contributed by atoms with Gasteiger partial charge >= 0.3 is 6.09 Å². The summed E-state index contributed by atoms with van der Waals surface area (Å²) in [6.45, 7) is 10.4. The van der Waals surface area contributed by atoms with Crippen LogP contribution < -0.4 is 20.8 Å². The van der Waals surface area contributed by atoms with Crippen LogP contribution >= 0.6 is 0 Å². The summed E-state index contributed by atoms with van der Waals surface area (Å²) >= 11 is 0. The second kappa shape index (κ2) is 11.2. The number of rotatable bonds is 6. The summed E-state index contributed by atoms with van der Waals surface area (Å²) in [6, 6.07) is 14.8. The highest BCUT2D eigenvalue weighted by Crippen LogP contribution is 2.31. The molecule has 1 amide bonds. The Morgan fingerprint density at radius 1 is 1.00 bits per heavy atom. The van der Waals surface area contributed by atoms with Gasteiger partial charge in [-0.25, -0.2) is 4.79 Å². The zero-order valence-electron chi connectivity index (χ0n) is 23.0. The number of amides is 1. The fraction of sp³-hybridized carbons (Fsp3) is 0.467. The summed E-state index contributed by atoms with van der Waals surface area (Å²) in [6.07, 6.45) is 1.38. The van der Waals surface area contributed by atoms with Crippen LogP contribution in [0.25, 0.3) is 10.9 Å². The van der Waals surface area contributed by atoms with Crippen molar-refractivity contribution in [3.63, 3.8) is 0 Å². The van der Waals surface area contributed by atoms with E-state index in [1.165, 1.54) is 0 Å². The van der Waals surface area contributed by atoms with Crippen molar-refractivity contribution >= 4 is 22.7 Å². The molecule has 39 heavy (non-hydrogen) atoms. The largest absolute Gasteiger partial charge is 0.486 e. The molecule has 1 aromatic heterocycles. The number of aromatic nitrogens is 1. The van der Waals surface area contributed by atoms with Gasteiger partial charge < -0.3 is 34.3 Å². The number of nitrogens with zero attached hydrogens (tertiary/aromatic N) is 3. The van der Waals surface area contributed by atoms with Crippen molar-refractivity contribution in [2.75, 3.05) is 38.6 Å². The lowest BCUT2D eigenvalue weighted by atomic mass is 9.97. The van der Waals surface area contributed by atoms with Gasteiger partial charge in [0, 0.05) is 54.9 Å². The molecule has 0 aliphatic carbocycles. The summed E-state index contributed by atoms with van der Waals surface area (Å²) in [5.41, 5.74) is 7.97. The number of benzene rings is 2. The summed E-state index contributed by atoms with van der Waals surface area (Å²) in [5.74, 6) is 1.40. The molecule has 2 N–H and O–H groups in total. The molecule has 208 valence electrons. The topological polar surface area (TPSA) is 99.3 Å². The Kier molecular flexibility index (Phi) is 7.70. The molecule has 5 rings (SSSR count). The second-order valence-electron chi connectivity index (χ2n) is 11.3. The van der Waals surface area contributed by atoms with Gasteiger partial charge in [-0.1, -0.05) is 6.07 Å². The molecule has 0 bridgehead atoms. The number of likely N-dealkylation sites (tertiary alicyclic amines) is 1. The Balaban J connectivity index is 1.18. The number of carbonyl (C=O) groups excluding carboxylic acids is 1. The predicted octanol–water partition coefficient (Wildman–Crippen LogP) is 4.26. The molecular weight excluding hydrogens is 496 g/mol. The van der Waals surface area contributed by atoms with Crippen molar-refractivity contribution in [3.05, 3.63) is 64.4 Å². The highest BCUT2D eigenvalue weighted by atomic mass is 16.6. The van der Waals surface area contributed by atoms with Crippen molar-refractivity contribution in [2.24, 2.45) is 0 Å². The molecule has 1 fully saturated rings.